The number of nitrogens with one attached hydrogen (secondary N) is 1. The van der Waals surface area contributed by atoms with Crippen LogP contribution in [0, 0.1) is 0 Å². The molecule has 1 aliphatic rings. The van der Waals surface area contributed by atoms with Crippen molar-refractivity contribution in [3.05, 3.63) is 50.8 Å². The van der Waals surface area contributed by atoms with E-state index in [0.717, 1.165) is 31.4 Å². The fourth-order valence-corrected chi connectivity index (χ4v) is 4.20. The van der Waals surface area contributed by atoms with Crippen LogP contribution in [0.1, 0.15) is 40.7 Å². The Bertz CT molecular complexity index is 1010. The molecule has 0 spiro atoms. The molecule has 0 saturated heterocycles. The third-order valence-electron chi connectivity index (χ3n) is 4.34. The molecule has 0 bridgehead atoms. The van der Waals surface area contributed by atoms with Crippen LogP contribution < -0.4 is 15.7 Å². The van der Waals surface area contributed by atoms with Crippen LogP contribution in [-0.2, 0) is 12.8 Å². The SMILES string of the molecule is CCOc1ccc2c(C(=O)Nc3nc4c(s3)CCCC4)cc(=O)oc2c1. The van der Waals surface area contributed by atoms with Crippen LogP contribution in [0.2, 0.25) is 0 Å². The minimum atomic E-state index is -0.574. The summed E-state index contributed by atoms with van der Waals surface area (Å²) in [5, 5.41) is 3.97. The van der Waals surface area contributed by atoms with E-state index in [0.29, 0.717) is 28.5 Å². The van der Waals surface area contributed by atoms with Crippen molar-refractivity contribution < 1.29 is 13.9 Å². The van der Waals surface area contributed by atoms with Gasteiger partial charge in [-0.3, -0.25) is 10.1 Å². The van der Waals surface area contributed by atoms with Crippen LogP contribution in [0.25, 0.3) is 11.0 Å². The smallest absolute Gasteiger partial charge is 0.337 e. The highest BCUT2D eigenvalue weighted by Gasteiger charge is 2.19. The Kier molecular flexibility index (Phi) is 4.46. The normalized spacial score (nSPS) is 13.4. The van der Waals surface area contributed by atoms with Crippen molar-refractivity contribution in [2.75, 3.05) is 11.9 Å². The molecule has 0 aliphatic heterocycles. The van der Waals surface area contributed by atoms with E-state index in [1.54, 1.807) is 18.2 Å². The lowest BCUT2D eigenvalue weighted by Crippen LogP contribution is -2.15. The highest BCUT2D eigenvalue weighted by molar-refractivity contribution is 7.15. The Morgan fingerprint density at radius 3 is 2.96 bits per heavy atom. The highest BCUT2D eigenvalue weighted by Crippen LogP contribution is 2.30. The third kappa shape index (κ3) is 3.22. The molecule has 1 aliphatic carbocycles. The average molecular weight is 370 g/mol. The first-order valence-electron chi connectivity index (χ1n) is 8.64. The number of carbonyl (C=O) groups is 1. The second-order valence-corrected chi connectivity index (χ2v) is 7.20. The molecule has 1 aromatic carbocycles. The Hall–Kier alpha value is -2.67. The summed E-state index contributed by atoms with van der Waals surface area (Å²) < 4.78 is 10.7. The summed E-state index contributed by atoms with van der Waals surface area (Å²) in [4.78, 5) is 30.4. The van der Waals surface area contributed by atoms with Crippen molar-refractivity contribution in [2.45, 2.75) is 32.6 Å². The minimum Gasteiger partial charge on any atom is -0.494 e. The lowest BCUT2D eigenvalue weighted by molar-refractivity contribution is 0.102. The predicted molar refractivity (Wildman–Crippen MR) is 100 cm³/mol. The van der Waals surface area contributed by atoms with Crippen LogP contribution in [0.3, 0.4) is 0 Å². The van der Waals surface area contributed by atoms with E-state index >= 15 is 0 Å². The van der Waals surface area contributed by atoms with Crippen LogP contribution in [0.4, 0.5) is 5.13 Å². The number of ether oxygens (including phenoxy) is 1. The molecule has 2 heterocycles. The van der Waals surface area contributed by atoms with Crippen LogP contribution in [0.15, 0.2) is 33.5 Å². The Balaban J connectivity index is 1.67. The number of hydrogen-bond donors (Lipinski definition) is 1. The molecule has 134 valence electrons. The molecule has 0 unspecified atom stereocenters. The lowest BCUT2D eigenvalue weighted by atomic mass is 10.0. The van der Waals surface area contributed by atoms with Crippen molar-refractivity contribution in [3.8, 4) is 5.75 Å². The van der Waals surface area contributed by atoms with Crippen molar-refractivity contribution >= 4 is 33.3 Å². The standard InChI is InChI=1S/C19H18N2O4S/c1-2-24-11-7-8-12-13(10-17(22)25-15(12)9-11)18(23)21-19-20-14-5-3-4-6-16(14)26-19/h7-10H,2-6H2,1H3,(H,20,21,23). The van der Waals surface area contributed by atoms with E-state index in [-0.39, 0.29) is 11.5 Å². The second kappa shape index (κ2) is 6.92. The first-order chi connectivity index (χ1) is 12.6. The van der Waals surface area contributed by atoms with E-state index < -0.39 is 5.63 Å². The molecule has 3 aromatic rings. The summed E-state index contributed by atoms with van der Waals surface area (Å²) in [6, 6.07) is 6.32. The van der Waals surface area contributed by atoms with E-state index in [1.807, 2.05) is 6.92 Å². The number of carbonyl (C=O) groups excluding carboxylic acids is 1. The van der Waals surface area contributed by atoms with Gasteiger partial charge in [0.15, 0.2) is 5.13 Å². The lowest BCUT2D eigenvalue weighted by Gasteiger charge is -2.07. The number of rotatable bonds is 4. The molecular formula is C19H18N2O4S. The molecule has 0 radical (unpaired) electrons. The fourth-order valence-electron chi connectivity index (χ4n) is 3.16. The summed E-state index contributed by atoms with van der Waals surface area (Å²) in [6.07, 6.45) is 4.27. The van der Waals surface area contributed by atoms with E-state index in [9.17, 15) is 9.59 Å². The number of fused-ring (bicyclic) bond motifs is 2. The Morgan fingerprint density at radius 2 is 2.15 bits per heavy atom. The summed E-state index contributed by atoms with van der Waals surface area (Å²) in [6.45, 7) is 2.38. The first-order valence-corrected chi connectivity index (χ1v) is 9.46. The van der Waals surface area contributed by atoms with Gasteiger partial charge in [-0.15, -0.1) is 11.3 Å². The topological polar surface area (TPSA) is 81.4 Å². The Labute approximate surface area is 153 Å². The monoisotopic (exact) mass is 370 g/mol. The molecule has 7 heteroatoms. The van der Waals surface area contributed by atoms with Gasteiger partial charge in [0.05, 0.1) is 17.9 Å². The summed E-state index contributed by atoms with van der Waals surface area (Å²) >= 11 is 1.51. The Morgan fingerprint density at radius 1 is 1.31 bits per heavy atom. The van der Waals surface area contributed by atoms with Crippen LogP contribution in [0.5, 0.6) is 5.75 Å². The number of nitrogens with zero attached hydrogens (tertiary/aromatic N) is 1. The quantitative estimate of drug-likeness (QED) is 0.707. The maximum atomic E-state index is 12.7. The van der Waals surface area contributed by atoms with Gasteiger partial charge in [-0.2, -0.15) is 0 Å². The molecule has 2 aromatic heterocycles. The van der Waals surface area contributed by atoms with Gasteiger partial charge in [-0.25, -0.2) is 9.78 Å². The first kappa shape index (κ1) is 16.8. The van der Waals surface area contributed by atoms with Crippen molar-refractivity contribution in [1.29, 1.82) is 0 Å². The molecule has 26 heavy (non-hydrogen) atoms. The summed E-state index contributed by atoms with van der Waals surface area (Å²) in [5.41, 5.74) is 1.10. The van der Waals surface area contributed by atoms with E-state index in [4.69, 9.17) is 9.15 Å². The van der Waals surface area contributed by atoms with Gasteiger partial charge in [0.25, 0.3) is 5.91 Å². The molecule has 0 fully saturated rings. The number of aromatic nitrogens is 1. The highest BCUT2D eigenvalue weighted by atomic mass is 32.1. The number of thiazole rings is 1. The van der Waals surface area contributed by atoms with E-state index in [2.05, 4.69) is 10.3 Å². The molecule has 4 rings (SSSR count). The van der Waals surface area contributed by atoms with Gasteiger partial charge in [-0.05, 0) is 44.7 Å². The van der Waals surface area contributed by atoms with Crippen LogP contribution in [-0.4, -0.2) is 17.5 Å². The minimum absolute atomic E-state index is 0.271. The van der Waals surface area contributed by atoms with Gasteiger partial charge in [0.1, 0.15) is 11.3 Å². The van der Waals surface area contributed by atoms with Crippen molar-refractivity contribution in [2.24, 2.45) is 0 Å². The zero-order chi connectivity index (χ0) is 18.1. The van der Waals surface area contributed by atoms with Crippen molar-refractivity contribution in [3.63, 3.8) is 0 Å². The molecule has 0 saturated carbocycles. The third-order valence-corrected chi connectivity index (χ3v) is 5.41. The molecule has 1 N–H and O–H groups in total. The van der Waals surface area contributed by atoms with Gasteiger partial charge in [0, 0.05) is 22.4 Å². The molecule has 0 atom stereocenters. The zero-order valence-corrected chi connectivity index (χ0v) is 15.1. The number of hydrogen-bond acceptors (Lipinski definition) is 6. The zero-order valence-electron chi connectivity index (χ0n) is 14.3. The van der Waals surface area contributed by atoms with Gasteiger partial charge >= 0.3 is 5.63 Å². The number of anilines is 1. The van der Waals surface area contributed by atoms with E-state index in [1.165, 1.54) is 22.3 Å². The van der Waals surface area contributed by atoms with Crippen LogP contribution >= 0.6 is 11.3 Å². The van der Waals surface area contributed by atoms with Crippen molar-refractivity contribution in [1.82, 2.24) is 4.98 Å². The number of amides is 1. The fraction of sp³-hybridized carbons (Fsp3) is 0.316. The second-order valence-electron chi connectivity index (χ2n) is 6.12. The summed E-state index contributed by atoms with van der Waals surface area (Å²) in [5.74, 6) is 0.228. The van der Waals surface area contributed by atoms with Gasteiger partial charge in [-0.1, -0.05) is 0 Å². The molecular weight excluding hydrogens is 352 g/mol. The average Bonchev–Trinajstić information content (AvgIpc) is 3.03. The number of benzene rings is 1. The summed E-state index contributed by atoms with van der Waals surface area (Å²) in [7, 11) is 0. The predicted octanol–water partition coefficient (Wildman–Crippen LogP) is 3.78. The largest absolute Gasteiger partial charge is 0.494 e. The van der Waals surface area contributed by atoms with Gasteiger partial charge < -0.3 is 9.15 Å². The molecule has 1 amide bonds. The number of aryl methyl sites for hydroxylation is 2. The molecule has 6 nitrogen and oxygen atoms in total. The maximum absolute atomic E-state index is 12.7. The van der Waals surface area contributed by atoms with Gasteiger partial charge in [0.2, 0.25) is 0 Å². The maximum Gasteiger partial charge on any atom is 0.337 e.